The molecule has 0 fully saturated rings. The van der Waals surface area contributed by atoms with E-state index in [1.807, 2.05) is 12.3 Å². The SMILES string of the molecule is CCOc1cccc(N[N+](=O)[O-])c1. The maximum atomic E-state index is 10.1. The second-order valence-corrected chi connectivity index (χ2v) is 2.33. The summed E-state index contributed by atoms with van der Waals surface area (Å²) in [5, 5.41) is 9.49. The molecule has 1 N–H and O–H groups in total. The minimum Gasteiger partial charge on any atom is -0.494 e. The van der Waals surface area contributed by atoms with E-state index in [0.29, 0.717) is 18.0 Å². The number of hydrazine groups is 1. The lowest BCUT2D eigenvalue weighted by atomic mass is 10.3. The number of nitrogens with one attached hydrogen (secondary N) is 1. The highest BCUT2D eigenvalue weighted by Gasteiger charge is 1.99. The molecular formula is C8H10N2O3. The van der Waals surface area contributed by atoms with Crippen LogP contribution in [0.25, 0.3) is 0 Å². The van der Waals surface area contributed by atoms with Crippen LogP contribution in [0.1, 0.15) is 6.92 Å². The average Bonchev–Trinajstić information content (AvgIpc) is 2.04. The third kappa shape index (κ3) is 2.98. The van der Waals surface area contributed by atoms with Crippen molar-refractivity contribution in [1.29, 1.82) is 0 Å². The Balaban J connectivity index is 2.73. The van der Waals surface area contributed by atoms with Crippen molar-refractivity contribution in [1.82, 2.24) is 0 Å². The van der Waals surface area contributed by atoms with E-state index in [9.17, 15) is 10.1 Å². The quantitative estimate of drug-likeness (QED) is 0.568. The number of nitro groups is 1. The normalized spacial score (nSPS) is 9.31. The minimum absolute atomic E-state index is 0.413. The third-order valence-electron chi connectivity index (χ3n) is 1.37. The van der Waals surface area contributed by atoms with E-state index in [4.69, 9.17) is 4.74 Å². The van der Waals surface area contributed by atoms with Gasteiger partial charge in [-0.15, -0.1) is 5.43 Å². The van der Waals surface area contributed by atoms with Crippen LogP contribution in [0.15, 0.2) is 24.3 Å². The van der Waals surface area contributed by atoms with Crippen molar-refractivity contribution in [2.24, 2.45) is 0 Å². The fraction of sp³-hybridized carbons (Fsp3) is 0.250. The molecule has 0 amide bonds. The first-order valence-corrected chi connectivity index (χ1v) is 3.86. The predicted octanol–water partition coefficient (Wildman–Crippen LogP) is 1.69. The standard InChI is InChI=1S/C8H10N2O3/c1-2-13-8-5-3-4-7(6-8)9-10(11)12/h3-6,9H,2H2,1H3. The number of hydrogen-bond acceptors (Lipinski definition) is 3. The van der Waals surface area contributed by atoms with Crippen LogP contribution in [0, 0.1) is 10.1 Å². The van der Waals surface area contributed by atoms with Crippen LogP contribution in [-0.2, 0) is 0 Å². The minimum atomic E-state index is -0.606. The molecule has 0 aliphatic rings. The highest BCUT2D eigenvalue weighted by atomic mass is 16.7. The molecule has 0 spiro atoms. The van der Waals surface area contributed by atoms with Gasteiger partial charge in [-0.05, 0) is 19.1 Å². The zero-order valence-corrected chi connectivity index (χ0v) is 7.19. The van der Waals surface area contributed by atoms with E-state index < -0.39 is 5.03 Å². The molecule has 0 aromatic heterocycles. The molecule has 0 atom stereocenters. The Bertz CT molecular complexity index is 301. The maximum absolute atomic E-state index is 10.1. The van der Waals surface area contributed by atoms with Crippen molar-refractivity contribution in [3.05, 3.63) is 34.4 Å². The van der Waals surface area contributed by atoms with Crippen LogP contribution < -0.4 is 10.2 Å². The summed E-state index contributed by atoms with van der Waals surface area (Å²) in [7, 11) is 0. The van der Waals surface area contributed by atoms with Crippen molar-refractivity contribution in [2.45, 2.75) is 6.92 Å². The van der Waals surface area contributed by atoms with Gasteiger partial charge < -0.3 is 4.74 Å². The van der Waals surface area contributed by atoms with E-state index in [2.05, 4.69) is 0 Å². The van der Waals surface area contributed by atoms with Crippen LogP contribution in [0.4, 0.5) is 5.69 Å². The largest absolute Gasteiger partial charge is 0.494 e. The molecule has 0 saturated carbocycles. The van der Waals surface area contributed by atoms with Gasteiger partial charge in [-0.3, -0.25) is 0 Å². The van der Waals surface area contributed by atoms with Gasteiger partial charge in [-0.25, -0.2) is 10.1 Å². The van der Waals surface area contributed by atoms with E-state index >= 15 is 0 Å². The van der Waals surface area contributed by atoms with Crippen molar-refractivity contribution in [2.75, 3.05) is 12.0 Å². The first-order valence-electron chi connectivity index (χ1n) is 3.86. The Morgan fingerprint density at radius 1 is 1.62 bits per heavy atom. The number of hydrogen-bond donors (Lipinski definition) is 1. The summed E-state index contributed by atoms with van der Waals surface area (Å²) in [4.78, 5) is 10.1. The molecule has 0 heterocycles. The Kier molecular flexibility index (Phi) is 3.08. The van der Waals surface area contributed by atoms with E-state index in [-0.39, 0.29) is 0 Å². The zero-order chi connectivity index (χ0) is 9.68. The van der Waals surface area contributed by atoms with Crippen LogP contribution in [0.3, 0.4) is 0 Å². The number of anilines is 1. The van der Waals surface area contributed by atoms with Gasteiger partial charge >= 0.3 is 0 Å². The zero-order valence-electron chi connectivity index (χ0n) is 7.19. The van der Waals surface area contributed by atoms with Gasteiger partial charge in [0, 0.05) is 6.07 Å². The lowest BCUT2D eigenvalue weighted by Crippen LogP contribution is -2.07. The summed E-state index contributed by atoms with van der Waals surface area (Å²) in [5.41, 5.74) is 2.46. The van der Waals surface area contributed by atoms with Crippen LogP contribution in [0.5, 0.6) is 5.75 Å². The van der Waals surface area contributed by atoms with Crippen molar-refractivity contribution in [3.8, 4) is 5.75 Å². The molecule has 0 saturated heterocycles. The molecular weight excluding hydrogens is 172 g/mol. The predicted molar refractivity (Wildman–Crippen MR) is 48.2 cm³/mol. The Labute approximate surface area is 75.4 Å². The van der Waals surface area contributed by atoms with Crippen molar-refractivity contribution < 1.29 is 9.77 Å². The number of benzene rings is 1. The number of ether oxygens (including phenoxy) is 1. The van der Waals surface area contributed by atoms with E-state index in [1.54, 1.807) is 24.3 Å². The summed E-state index contributed by atoms with van der Waals surface area (Å²) < 4.78 is 5.17. The second-order valence-electron chi connectivity index (χ2n) is 2.33. The molecule has 70 valence electrons. The summed E-state index contributed by atoms with van der Waals surface area (Å²) in [6, 6.07) is 6.61. The van der Waals surface area contributed by atoms with Gasteiger partial charge in [-0.1, -0.05) is 6.07 Å². The Morgan fingerprint density at radius 3 is 3.00 bits per heavy atom. The molecule has 13 heavy (non-hydrogen) atoms. The lowest BCUT2D eigenvalue weighted by molar-refractivity contribution is -0.445. The van der Waals surface area contributed by atoms with Crippen molar-refractivity contribution >= 4 is 5.69 Å². The van der Waals surface area contributed by atoms with Gasteiger partial charge in [0.05, 0.1) is 6.61 Å². The first-order chi connectivity index (χ1) is 6.22. The van der Waals surface area contributed by atoms with Crippen LogP contribution in [-0.4, -0.2) is 11.6 Å². The molecule has 5 heteroatoms. The van der Waals surface area contributed by atoms with Gasteiger partial charge in [0.15, 0.2) is 5.03 Å². The number of rotatable bonds is 4. The van der Waals surface area contributed by atoms with Gasteiger partial charge in [0.2, 0.25) is 0 Å². The average molecular weight is 182 g/mol. The summed E-state index contributed by atoms with van der Waals surface area (Å²) in [5.74, 6) is 0.620. The van der Waals surface area contributed by atoms with Gasteiger partial charge in [0.1, 0.15) is 11.4 Å². The molecule has 0 radical (unpaired) electrons. The highest BCUT2D eigenvalue weighted by Crippen LogP contribution is 2.16. The molecule has 1 aromatic rings. The fourth-order valence-corrected chi connectivity index (χ4v) is 0.928. The molecule has 1 rings (SSSR count). The smallest absolute Gasteiger partial charge is 0.162 e. The summed E-state index contributed by atoms with van der Waals surface area (Å²) in [6.07, 6.45) is 0. The number of nitrogens with zero attached hydrogens (tertiary/aromatic N) is 1. The van der Waals surface area contributed by atoms with Gasteiger partial charge in [0.25, 0.3) is 0 Å². The molecule has 0 aliphatic carbocycles. The van der Waals surface area contributed by atoms with Crippen LogP contribution >= 0.6 is 0 Å². The van der Waals surface area contributed by atoms with Crippen LogP contribution in [0.2, 0.25) is 0 Å². The molecule has 0 unspecified atom stereocenters. The Hall–Kier alpha value is -1.78. The molecule has 5 nitrogen and oxygen atoms in total. The first kappa shape index (κ1) is 9.31. The van der Waals surface area contributed by atoms with Crippen molar-refractivity contribution in [3.63, 3.8) is 0 Å². The summed E-state index contributed by atoms with van der Waals surface area (Å²) >= 11 is 0. The lowest BCUT2D eigenvalue weighted by Gasteiger charge is -2.03. The molecule has 1 aromatic carbocycles. The topological polar surface area (TPSA) is 64.4 Å². The maximum Gasteiger partial charge on any atom is 0.162 e. The van der Waals surface area contributed by atoms with Gasteiger partial charge in [-0.2, -0.15) is 0 Å². The molecule has 0 bridgehead atoms. The second kappa shape index (κ2) is 4.30. The third-order valence-corrected chi connectivity index (χ3v) is 1.37. The fourth-order valence-electron chi connectivity index (χ4n) is 0.928. The van der Waals surface area contributed by atoms with E-state index in [0.717, 1.165) is 0 Å². The Morgan fingerprint density at radius 2 is 2.38 bits per heavy atom. The van der Waals surface area contributed by atoms with E-state index in [1.165, 1.54) is 0 Å². The monoisotopic (exact) mass is 182 g/mol. The summed E-state index contributed by atoms with van der Waals surface area (Å²) in [6.45, 7) is 2.40. The highest BCUT2D eigenvalue weighted by molar-refractivity contribution is 5.46. The molecule has 0 aliphatic heterocycles.